The fraction of sp³-hybridized carbons (Fsp3) is 0.760. The fourth-order valence-corrected chi connectivity index (χ4v) is 4.75. The lowest BCUT2D eigenvalue weighted by atomic mass is 9.65. The van der Waals surface area contributed by atoms with Gasteiger partial charge in [-0.15, -0.1) is 6.10 Å². The first-order chi connectivity index (χ1) is 14.4. The van der Waals surface area contributed by atoms with Crippen LogP contribution in [0.4, 0.5) is 0 Å². The van der Waals surface area contributed by atoms with Crippen LogP contribution in [0, 0.1) is 29.1 Å². The summed E-state index contributed by atoms with van der Waals surface area (Å²) in [7, 11) is 0. The zero-order valence-corrected chi connectivity index (χ0v) is 20.5. The molecule has 7 heteroatoms. The van der Waals surface area contributed by atoms with Gasteiger partial charge in [-0.1, -0.05) is 39.0 Å². The van der Waals surface area contributed by atoms with Gasteiger partial charge in [0, 0.05) is 12.3 Å². The summed E-state index contributed by atoms with van der Waals surface area (Å²) >= 11 is 0. The third-order valence-corrected chi connectivity index (χ3v) is 7.06. The second-order valence-electron chi connectivity index (χ2n) is 10.2. The van der Waals surface area contributed by atoms with E-state index in [1.807, 2.05) is 20.8 Å². The Kier molecular flexibility index (Phi) is 10.6. The third-order valence-electron chi connectivity index (χ3n) is 7.06. The molecule has 0 aliphatic heterocycles. The second-order valence-corrected chi connectivity index (χ2v) is 10.2. The number of carbonyl (C=O) groups excluding carboxylic acids is 1. The molecule has 7 atom stereocenters. The molecule has 32 heavy (non-hydrogen) atoms. The van der Waals surface area contributed by atoms with Crippen LogP contribution >= 0.6 is 0 Å². The molecule has 0 aromatic carbocycles. The van der Waals surface area contributed by atoms with Crippen molar-refractivity contribution in [2.24, 2.45) is 29.1 Å². The van der Waals surface area contributed by atoms with Gasteiger partial charge in [0.05, 0.1) is 11.5 Å². The lowest BCUT2D eigenvalue weighted by Gasteiger charge is -2.44. The van der Waals surface area contributed by atoms with Crippen LogP contribution < -0.4 is 11.3 Å². The molecule has 2 aliphatic carbocycles. The summed E-state index contributed by atoms with van der Waals surface area (Å²) in [6.45, 7) is 10.1. The smallest absolute Gasteiger partial charge is 0.311 e. The van der Waals surface area contributed by atoms with Crippen LogP contribution in [-0.2, 0) is 14.3 Å². The van der Waals surface area contributed by atoms with E-state index in [-0.39, 0.29) is 42.4 Å². The van der Waals surface area contributed by atoms with Gasteiger partial charge in [-0.2, -0.15) is 0 Å². The molecule has 0 saturated heterocycles. The molecule has 2 rings (SSSR count). The highest BCUT2D eigenvalue weighted by Crippen LogP contribution is 2.45. The van der Waals surface area contributed by atoms with Crippen LogP contribution in [0.5, 0.6) is 0 Å². The SMILES string of the molecule is CCC(C)(C)C(=O)O[C@@H]1C[C@H](C)C=C2C=C[C@@H](C)[C@@H](CC[C@@H](O)C[C@H]([O-])CC(=O)O)[C@@H]21.[NH4+]. The molecule has 2 aliphatic rings. The van der Waals surface area contributed by atoms with E-state index >= 15 is 0 Å². The summed E-state index contributed by atoms with van der Waals surface area (Å²) in [6.07, 6.45) is 6.32. The standard InChI is InChI=1S/C25H39O6.H3N/c1-6-25(4,5)24(30)31-21-12-15(2)11-17-8-7-16(3)20(23(17)21)10-9-18(26)13-19(27)14-22(28)29;/h7-8,11,15-16,18-21,23,26H,6,9-10,12-14H2,1-5H3,(H,28,29);1H3/q-1;/p+1/t15-,16-,18-,19+,20-,21-,23-;/m1./s1. The molecule has 0 spiro atoms. The number of fused-ring (bicyclic) bond motifs is 1. The number of hydrogen-bond acceptors (Lipinski definition) is 5. The molecule has 0 bridgehead atoms. The second kappa shape index (κ2) is 12.0. The number of hydrogen-bond donors (Lipinski definition) is 3. The van der Waals surface area contributed by atoms with Crippen molar-refractivity contribution < 1.29 is 29.6 Å². The maximum Gasteiger partial charge on any atom is 0.311 e. The predicted octanol–water partition coefficient (Wildman–Crippen LogP) is 3.85. The van der Waals surface area contributed by atoms with E-state index in [0.29, 0.717) is 25.2 Å². The summed E-state index contributed by atoms with van der Waals surface area (Å²) < 4.78 is 6.09. The number of carbonyl (C=O) groups is 2. The molecule has 0 heterocycles. The van der Waals surface area contributed by atoms with Gasteiger partial charge in [0.2, 0.25) is 0 Å². The largest absolute Gasteiger partial charge is 0.851 e. The van der Waals surface area contributed by atoms with Gasteiger partial charge in [-0.3, -0.25) is 9.59 Å². The van der Waals surface area contributed by atoms with Crippen LogP contribution in [0.3, 0.4) is 0 Å². The van der Waals surface area contributed by atoms with E-state index in [9.17, 15) is 19.8 Å². The maximum atomic E-state index is 12.8. The van der Waals surface area contributed by atoms with Crippen molar-refractivity contribution >= 4 is 11.9 Å². The van der Waals surface area contributed by atoms with E-state index < -0.39 is 30.0 Å². The Bertz CT molecular complexity index is 701. The van der Waals surface area contributed by atoms with Crippen LogP contribution in [0.15, 0.2) is 23.8 Å². The highest BCUT2D eigenvalue weighted by atomic mass is 16.5. The number of aliphatic hydroxyl groups is 1. The quantitative estimate of drug-likeness (QED) is 0.429. The van der Waals surface area contributed by atoms with Gasteiger partial charge < -0.3 is 26.2 Å². The molecule has 0 radical (unpaired) electrons. The Hall–Kier alpha value is -1.70. The monoisotopic (exact) mass is 453 g/mol. The molecular weight excluding hydrogens is 410 g/mol. The van der Waals surface area contributed by atoms with Gasteiger partial charge in [0.15, 0.2) is 0 Å². The fourth-order valence-electron chi connectivity index (χ4n) is 4.75. The normalized spacial score (nSPS) is 29.2. The predicted molar refractivity (Wildman–Crippen MR) is 123 cm³/mol. The summed E-state index contributed by atoms with van der Waals surface area (Å²) in [4.78, 5) is 23.5. The minimum Gasteiger partial charge on any atom is -0.851 e. The highest BCUT2D eigenvalue weighted by molar-refractivity contribution is 5.76. The van der Waals surface area contributed by atoms with Crippen molar-refractivity contribution in [1.82, 2.24) is 6.15 Å². The summed E-state index contributed by atoms with van der Waals surface area (Å²) in [6, 6.07) is 0. The molecule has 0 unspecified atom stereocenters. The molecule has 0 fully saturated rings. The van der Waals surface area contributed by atoms with Gasteiger partial charge in [0.25, 0.3) is 0 Å². The van der Waals surface area contributed by atoms with Crippen molar-refractivity contribution in [2.75, 3.05) is 0 Å². The molecule has 0 saturated carbocycles. The van der Waals surface area contributed by atoms with Gasteiger partial charge >= 0.3 is 11.9 Å². The molecular formula is C25H43NO6. The Balaban J connectivity index is 0.00000512. The van der Waals surface area contributed by atoms with Crippen molar-refractivity contribution in [3.05, 3.63) is 23.8 Å². The van der Waals surface area contributed by atoms with Crippen LogP contribution in [-0.4, -0.2) is 40.5 Å². The Morgan fingerprint density at radius 1 is 1.31 bits per heavy atom. The number of aliphatic carboxylic acids is 1. The lowest BCUT2D eigenvalue weighted by molar-refractivity contribution is -0.423. The van der Waals surface area contributed by atoms with E-state index in [0.717, 1.165) is 6.42 Å². The Labute approximate surface area is 192 Å². The maximum absolute atomic E-state index is 12.8. The first kappa shape index (κ1) is 28.3. The van der Waals surface area contributed by atoms with E-state index in [1.54, 1.807) is 0 Å². The van der Waals surface area contributed by atoms with Crippen LogP contribution in [0.25, 0.3) is 0 Å². The van der Waals surface area contributed by atoms with Gasteiger partial charge in [0.1, 0.15) is 6.10 Å². The first-order valence-electron chi connectivity index (χ1n) is 11.6. The minimum absolute atomic E-state index is 0. The molecule has 0 aromatic rings. The lowest BCUT2D eigenvalue weighted by Crippen LogP contribution is -2.43. The van der Waals surface area contributed by atoms with Crippen LogP contribution in [0.2, 0.25) is 0 Å². The molecule has 7 nitrogen and oxygen atoms in total. The molecule has 0 aromatic heterocycles. The zero-order chi connectivity index (χ0) is 23.3. The molecule has 184 valence electrons. The topological polar surface area (TPSA) is 143 Å². The van der Waals surface area contributed by atoms with Crippen molar-refractivity contribution in [1.29, 1.82) is 0 Å². The number of esters is 1. The van der Waals surface area contributed by atoms with Gasteiger partial charge in [-0.05, 0) is 69.3 Å². The average Bonchev–Trinajstić information content (AvgIpc) is 2.66. The summed E-state index contributed by atoms with van der Waals surface area (Å²) in [5.74, 6) is -0.477. The zero-order valence-electron chi connectivity index (χ0n) is 20.5. The number of allylic oxidation sites excluding steroid dienone is 3. The number of carboxylic acids is 1. The number of aliphatic hydroxyl groups excluding tert-OH is 1. The number of rotatable bonds is 10. The van der Waals surface area contributed by atoms with Gasteiger partial charge in [-0.25, -0.2) is 0 Å². The van der Waals surface area contributed by atoms with E-state index in [2.05, 4.69) is 32.1 Å². The van der Waals surface area contributed by atoms with E-state index in [4.69, 9.17) is 9.84 Å². The summed E-state index contributed by atoms with van der Waals surface area (Å²) in [5.41, 5.74) is 0.663. The van der Waals surface area contributed by atoms with Crippen LogP contribution in [0.1, 0.15) is 73.1 Å². The van der Waals surface area contributed by atoms with Crippen molar-refractivity contribution in [3.8, 4) is 0 Å². The minimum atomic E-state index is -1.30. The molecule has 6 N–H and O–H groups in total. The Morgan fingerprint density at radius 2 is 1.97 bits per heavy atom. The van der Waals surface area contributed by atoms with E-state index in [1.165, 1.54) is 5.57 Å². The average molecular weight is 454 g/mol. The van der Waals surface area contributed by atoms with Crippen molar-refractivity contribution in [3.63, 3.8) is 0 Å². The first-order valence-corrected chi connectivity index (χ1v) is 11.6. The number of carboxylic acid groups (broad SMARTS) is 1. The Morgan fingerprint density at radius 3 is 2.56 bits per heavy atom. The summed E-state index contributed by atoms with van der Waals surface area (Å²) in [5, 5.41) is 30.9. The van der Waals surface area contributed by atoms with Crippen molar-refractivity contribution in [2.45, 2.75) is 91.5 Å². The molecule has 0 amide bonds. The number of ether oxygens (including phenoxy) is 1. The number of quaternary nitrogens is 1. The highest BCUT2D eigenvalue weighted by Gasteiger charge is 2.42. The third kappa shape index (κ3) is 7.42.